The normalized spacial score (nSPS) is 13.6. The zero-order valence-corrected chi connectivity index (χ0v) is 14.5. The van der Waals surface area contributed by atoms with Gasteiger partial charge in [-0.1, -0.05) is 11.6 Å². The highest BCUT2D eigenvalue weighted by molar-refractivity contribution is 6.37. The van der Waals surface area contributed by atoms with Crippen molar-refractivity contribution in [1.29, 1.82) is 0 Å². The first-order valence-electron chi connectivity index (χ1n) is 7.29. The molecule has 7 nitrogen and oxygen atoms in total. The van der Waals surface area contributed by atoms with Gasteiger partial charge in [0.2, 0.25) is 5.43 Å². The van der Waals surface area contributed by atoms with E-state index in [0.29, 0.717) is 0 Å². The van der Waals surface area contributed by atoms with Crippen LogP contribution in [0.15, 0.2) is 11.0 Å². The highest BCUT2D eigenvalue weighted by Gasteiger charge is 2.31. The summed E-state index contributed by atoms with van der Waals surface area (Å²) in [7, 11) is 0. The summed E-state index contributed by atoms with van der Waals surface area (Å²) in [6.45, 7) is 0.156. The van der Waals surface area contributed by atoms with Gasteiger partial charge >= 0.3 is 5.97 Å². The van der Waals surface area contributed by atoms with Gasteiger partial charge in [0.15, 0.2) is 11.6 Å². The predicted molar refractivity (Wildman–Crippen MR) is 94.6 cm³/mol. The molecule has 25 heavy (non-hydrogen) atoms. The monoisotopic (exact) mass is 391 g/mol. The minimum atomic E-state index is -1.41. The summed E-state index contributed by atoms with van der Waals surface area (Å²) < 4.78 is 21.3. The molecule has 1 fully saturated rings. The van der Waals surface area contributed by atoms with E-state index in [1.807, 2.05) is 0 Å². The van der Waals surface area contributed by atoms with Crippen molar-refractivity contribution in [3.63, 3.8) is 0 Å². The van der Waals surface area contributed by atoms with Crippen molar-refractivity contribution in [2.24, 2.45) is 5.73 Å². The van der Waals surface area contributed by atoms with Gasteiger partial charge in [0.05, 0.1) is 16.6 Å². The Hall–Kier alpha value is -2.03. The fourth-order valence-electron chi connectivity index (χ4n) is 2.62. The molecular formula is C15H16Cl2FN3O4. The van der Waals surface area contributed by atoms with Crippen LogP contribution in [0.5, 0.6) is 5.75 Å². The Morgan fingerprint density at radius 3 is 2.64 bits per heavy atom. The minimum absolute atomic E-state index is 0. The van der Waals surface area contributed by atoms with Crippen LogP contribution in [0.1, 0.15) is 29.2 Å². The number of hydrogen-bond donors (Lipinski definition) is 3. The summed E-state index contributed by atoms with van der Waals surface area (Å²) in [5, 5.41) is 8.87. The molecule has 0 saturated heterocycles. The van der Waals surface area contributed by atoms with E-state index in [2.05, 4.69) is 0 Å². The third kappa shape index (κ3) is 3.12. The SMILES string of the molecule is Cl.NCCOc1c(F)c(N)c2c(=O)c(C(=O)O)cn(C3CC3)c2c1Cl. The molecule has 0 radical (unpaired) electrons. The second-order valence-corrected chi connectivity index (χ2v) is 5.92. The number of nitrogen functional groups attached to an aromatic ring is 1. The first-order valence-corrected chi connectivity index (χ1v) is 7.67. The molecule has 0 aliphatic heterocycles. The lowest BCUT2D eigenvalue weighted by atomic mass is 10.1. The number of benzene rings is 1. The third-order valence-electron chi connectivity index (χ3n) is 3.88. The van der Waals surface area contributed by atoms with Gasteiger partial charge in [0.1, 0.15) is 17.2 Å². The Morgan fingerprint density at radius 2 is 2.12 bits per heavy atom. The van der Waals surface area contributed by atoms with Gasteiger partial charge < -0.3 is 25.9 Å². The molecule has 0 atom stereocenters. The number of ether oxygens (including phenoxy) is 1. The Balaban J connectivity index is 0.00000225. The predicted octanol–water partition coefficient (Wildman–Crippen LogP) is 2.17. The number of pyridine rings is 1. The van der Waals surface area contributed by atoms with Crippen LogP contribution in [0, 0.1) is 5.82 Å². The summed E-state index contributed by atoms with van der Waals surface area (Å²) in [6.07, 6.45) is 2.81. The van der Waals surface area contributed by atoms with E-state index in [4.69, 9.17) is 27.8 Å². The molecule has 0 bridgehead atoms. The van der Waals surface area contributed by atoms with Crippen molar-refractivity contribution in [3.05, 3.63) is 32.8 Å². The smallest absolute Gasteiger partial charge is 0.341 e. The number of hydrogen-bond acceptors (Lipinski definition) is 5. The van der Waals surface area contributed by atoms with Crippen LogP contribution >= 0.6 is 24.0 Å². The molecule has 1 saturated carbocycles. The van der Waals surface area contributed by atoms with E-state index < -0.39 is 28.5 Å². The molecule has 10 heteroatoms. The lowest BCUT2D eigenvalue weighted by Gasteiger charge is -2.18. The highest BCUT2D eigenvalue weighted by Crippen LogP contribution is 2.44. The van der Waals surface area contributed by atoms with Gasteiger partial charge in [-0.3, -0.25) is 4.79 Å². The van der Waals surface area contributed by atoms with Crippen LogP contribution < -0.4 is 21.6 Å². The Labute approximate surface area is 152 Å². The Kier molecular flexibility index (Phi) is 5.46. The largest absolute Gasteiger partial charge is 0.487 e. The Bertz CT molecular complexity index is 912. The summed E-state index contributed by atoms with van der Waals surface area (Å²) >= 11 is 6.27. The summed E-state index contributed by atoms with van der Waals surface area (Å²) in [5.74, 6) is -2.69. The summed E-state index contributed by atoms with van der Waals surface area (Å²) in [5.41, 5.74) is 9.46. The zero-order chi connectivity index (χ0) is 17.6. The maximum absolute atomic E-state index is 14.5. The number of carboxylic acid groups (broad SMARTS) is 1. The van der Waals surface area contributed by atoms with Crippen molar-refractivity contribution in [2.45, 2.75) is 18.9 Å². The van der Waals surface area contributed by atoms with Gasteiger partial charge in [-0.25, -0.2) is 9.18 Å². The Morgan fingerprint density at radius 1 is 1.48 bits per heavy atom. The molecule has 0 unspecified atom stereocenters. The van der Waals surface area contributed by atoms with E-state index in [1.165, 1.54) is 6.20 Å². The van der Waals surface area contributed by atoms with Crippen molar-refractivity contribution in [3.8, 4) is 5.75 Å². The van der Waals surface area contributed by atoms with E-state index >= 15 is 0 Å². The lowest BCUT2D eigenvalue weighted by molar-refractivity contribution is 0.0695. The van der Waals surface area contributed by atoms with E-state index in [1.54, 1.807) is 4.57 Å². The van der Waals surface area contributed by atoms with Crippen LogP contribution in [0.25, 0.3) is 10.9 Å². The average molecular weight is 392 g/mol. The molecule has 3 rings (SSSR count). The standard InChI is InChI=1S/C15H15ClFN3O4.ClH/c16-9-12-8(11(19)10(17)14(9)24-4-3-18)13(21)7(15(22)23)5-20(12)6-1-2-6;/h5-6H,1-4,18-19H2,(H,22,23);1H. The molecule has 1 aromatic heterocycles. The number of anilines is 1. The van der Waals surface area contributed by atoms with E-state index in [9.17, 15) is 19.1 Å². The van der Waals surface area contributed by atoms with Crippen LogP contribution in [0.4, 0.5) is 10.1 Å². The first kappa shape index (κ1) is 19.3. The molecule has 5 N–H and O–H groups in total. The molecule has 0 amide bonds. The van der Waals surface area contributed by atoms with Gasteiger partial charge in [-0.15, -0.1) is 12.4 Å². The van der Waals surface area contributed by atoms with Crippen LogP contribution in [0.2, 0.25) is 5.02 Å². The lowest BCUT2D eigenvalue weighted by Crippen LogP contribution is -2.21. The van der Waals surface area contributed by atoms with Gasteiger partial charge in [-0.2, -0.15) is 0 Å². The number of carboxylic acids is 1. The summed E-state index contributed by atoms with van der Waals surface area (Å²) in [4.78, 5) is 23.8. The zero-order valence-electron chi connectivity index (χ0n) is 12.9. The molecule has 0 spiro atoms. The fraction of sp³-hybridized carbons (Fsp3) is 0.333. The number of carbonyl (C=O) groups is 1. The van der Waals surface area contributed by atoms with Gasteiger partial charge in [-0.05, 0) is 12.8 Å². The molecular weight excluding hydrogens is 376 g/mol. The van der Waals surface area contributed by atoms with E-state index in [0.717, 1.165) is 12.8 Å². The minimum Gasteiger partial charge on any atom is -0.487 e. The van der Waals surface area contributed by atoms with Crippen molar-refractivity contribution >= 4 is 46.6 Å². The average Bonchev–Trinajstić information content (AvgIpc) is 3.36. The van der Waals surface area contributed by atoms with Gasteiger partial charge in [0, 0.05) is 18.8 Å². The molecule has 1 aromatic carbocycles. The molecule has 2 aromatic rings. The third-order valence-corrected chi connectivity index (χ3v) is 4.23. The van der Waals surface area contributed by atoms with Crippen molar-refractivity contribution in [2.75, 3.05) is 18.9 Å². The second kappa shape index (κ2) is 7.07. The van der Waals surface area contributed by atoms with Crippen molar-refractivity contribution in [1.82, 2.24) is 4.57 Å². The number of nitrogens with zero attached hydrogens (tertiary/aromatic N) is 1. The van der Waals surface area contributed by atoms with Gasteiger partial charge in [0.25, 0.3) is 0 Å². The topological polar surface area (TPSA) is 121 Å². The van der Waals surface area contributed by atoms with Crippen LogP contribution in [-0.4, -0.2) is 28.8 Å². The number of nitrogens with two attached hydrogens (primary N) is 2. The van der Waals surface area contributed by atoms with Crippen LogP contribution in [-0.2, 0) is 0 Å². The quantitative estimate of drug-likeness (QED) is 0.671. The number of aromatic carboxylic acids is 1. The molecule has 1 heterocycles. The van der Waals surface area contributed by atoms with Crippen LogP contribution in [0.3, 0.4) is 0 Å². The molecule has 1 aliphatic carbocycles. The molecule has 1 aliphatic rings. The fourth-order valence-corrected chi connectivity index (χ4v) is 2.95. The first-order chi connectivity index (χ1) is 11.4. The highest BCUT2D eigenvalue weighted by atomic mass is 35.5. The second-order valence-electron chi connectivity index (χ2n) is 5.55. The molecule has 136 valence electrons. The number of rotatable bonds is 5. The maximum Gasteiger partial charge on any atom is 0.341 e. The number of aromatic nitrogens is 1. The van der Waals surface area contributed by atoms with E-state index in [-0.39, 0.29) is 53.3 Å². The maximum atomic E-state index is 14.5. The number of fused-ring (bicyclic) bond motifs is 1. The summed E-state index contributed by atoms with van der Waals surface area (Å²) in [6, 6.07) is -0.0177. The number of halogens is 3. The van der Waals surface area contributed by atoms with Crippen molar-refractivity contribution < 1.29 is 19.0 Å².